The van der Waals surface area contributed by atoms with Gasteiger partial charge in [0.1, 0.15) is 11.4 Å². The molecule has 0 saturated carbocycles. The van der Waals surface area contributed by atoms with Gasteiger partial charge in [-0.25, -0.2) is 0 Å². The number of rotatable bonds is 5. The van der Waals surface area contributed by atoms with Crippen LogP contribution < -0.4 is 10.1 Å². The number of carbonyl (C=O) groups excluding carboxylic acids is 1. The van der Waals surface area contributed by atoms with Crippen molar-refractivity contribution in [2.75, 3.05) is 5.32 Å². The average Bonchev–Trinajstić information content (AvgIpc) is 2.61. The van der Waals surface area contributed by atoms with Crippen molar-refractivity contribution in [3.63, 3.8) is 0 Å². The second-order valence-electron chi connectivity index (χ2n) is 7.37. The largest absolute Gasteiger partial charge is 0.491 e. The Hall–Kier alpha value is -2.49. The molecule has 2 aromatic rings. The standard InChI is InChI=1S/C22H28N2O2/c1-6-16(4)26-18-13-11-17(12-14-18)22(5)23-20-10-8-7-9-19(20)21(25)24(22)15(2)3/h7-16,23H,6H2,1-5H3. The summed E-state index contributed by atoms with van der Waals surface area (Å²) in [6, 6.07) is 15.8. The van der Waals surface area contributed by atoms with E-state index < -0.39 is 5.66 Å². The Balaban J connectivity index is 2.00. The van der Waals surface area contributed by atoms with Gasteiger partial charge in [0.25, 0.3) is 5.91 Å². The Bertz CT molecular complexity index is 785. The number of ether oxygens (including phenoxy) is 1. The molecule has 138 valence electrons. The van der Waals surface area contributed by atoms with Crippen molar-refractivity contribution in [2.24, 2.45) is 0 Å². The number of carbonyl (C=O) groups is 1. The third-order valence-corrected chi connectivity index (χ3v) is 5.08. The second kappa shape index (κ2) is 7.02. The molecule has 0 radical (unpaired) electrons. The van der Waals surface area contributed by atoms with Crippen LogP contribution in [0.1, 0.15) is 57.0 Å². The van der Waals surface area contributed by atoms with Gasteiger partial charge in [-0.2, -0.15) is 0 Å². The van der Waals surface area contributed by atoms with E-state index in [0.29, 0.717) is 0 Å². The molecule has 1 aliphatic heterocycles. The number of para-hydroxylation sites is 1. The van der Waals surface area contributed by atoms with Gasteiger partial charge in [-0.1, -0.05) is 31.2 Å². The van der Waals surface area contributed by atoms with E-state index in [9.17, 15) is 4.79 Å². The highest BCUT2D eigenvalue weighted by Crippen LogP contribution is 2.39. The van der Waals surface area contributed by atoms with Gasteiger partial charge in [-0.05, 0) is 63.9 Å². The number of anilines is 1. The van der Waals surface area contributed by atoms with Crippen LogP contribution in [-0.4, -0.2) is 23.0 Å². The summed E-state index contributed by atoms with van der Waals surface area (Å²) in [5.41, 5.74) is 2.01. The molecule has 2 unspecified atom stereocenters. The lowest BCUT2D eigenvalue weighted by Gasteiger charge is -2.48. The van der Waals surface area contributed by atoms with Crippen molar-refractivity contribution in [1.82, 2.24) is 4.90 Å². The van der Waals surface area contributed by atoms with Gasteiger partial charge in [0.05, 0.1) is 11.7 Å². The Morgan fingerprint density at radius 1 is 1.08 bits per heavy atom. The van der Waals surface area contributed by atoms with Crippen LogP contribution in [0.15, 0.2) is 48.5 Å². The molecule has 1 heterocycles. The molecular formula is C22H28N2O2. The van der Waals surface area contributed by atoms with E-state index in [1.54, 1.807) is 0 Å². The van der Waals surface area contributed by atoms with Gasteiger partial charge < -0.3 is 15.0 Å². The lowest BCUT2D eigenvalue weighted by molar-refractivity contribution is 0.0433. The van der Waals surface area contributed by atoms with Crippen LogP contribution in [-0.2, 0) is 5.66 Å². The van der Waals surface area contributed by atoms with E-state index >= 15 is 0 Å². The summed E-state index contributed by atoms with van der Waals surface area (Å²) < 4.78 is 5.89. The minimum absolute atomic E-state index is 0.0526. The SMILES string of the molecule is CCC(C)Oc1ccc(C2(C)Nc3ccccc3C(=O)N2C(C)C)cc1. The molecule has 1 amide bonds. The molecule has 26 heavy (non-hydrogen) atoms. The Morgan fingerprint density at radius 3 is 2.35 bits per heavy atom. The first-order valence-electron chi connectivity index (χ1n) is 9.35. The van der Waals surface area contributed by atoms with Crippen LogP contribution in [0.3, 0.4) is 0 Å². The minimum Gasteiger partial charge on any atom is -0.491 e. The number of amides is 1. The molecule has 2 atom stereocenters. The maximum Gasteiger partial charge on any atom is 0.258 e. The molecular weight excluding hydrogens is 324 g/mol. The fourth-order valence-electron chi connectivity index (χ4n) is 3.57. The minimum atomic E-state index is -0.617. The molecule has 0 aromatic heterocycles. The molecule has 2 aromatic carbocycles. The summed E-state index contributed by atoms with van der Waals surface area (Å²) in [6.07, 6.45) is 1.15. The number of nitrogens with zero attached hydrogens (tertiary/aromatic N) is 1. The number of hydrogen-bond acceptors (Lipinski definition) is 3. The first kappa shape index (κ1) is 18.3. The van der Waals surface area contributed by atoms with Crippen molar-refractivity contribution < 1.29 is 9.53 Å². The molecule has 4 heteroatoms. The average molecular weight is 352 g/mol. The molecule has 3 rings (SSSR count). The molecule has 0 fully saturated rings. The summed E-state index contributed by atoms with van der Waals surface area (Å²) in [6.45, 7) is 10.3. The van der Waals surface area contributed by atoms with Crippen LogP contribution in [0.2, 0.25) is 0 Å². The second-order valence-corrected chi connectivity index (χ2v) is 7.37. The highest BCUT2D eigenvalue weighted by atomic mass is 16.5. The van der Waals surface area contributed by atoms with E-state index in [2.05, 4.69) is 26.1 Å². The van der Waals surface area contributed by atoms with E-state index in [-0.39, 0.29) is 18.1 Å². The summed E-state index contributed by atoms with van der Waals surface area (Å²) >= 11 is 0. The fraction of sp³-hybridized carbons (Fsp3) is 0.409. The molecule has 0 spiro atoms. The Labute approximate surface area is 156 Å². The zero-order valence-electron chi connectivity index (χ0n) is 16.2. The predicted octanol–water partition coefficient (Wildman–Crippen LogP) is 5.01. The quantitative estimate of drug-likeness (QED) is 0.822. The highest BCUT2D eigenvalue weighted by Gasteiger charge is 2.43. The molecule has 1 aliphatic rings. The smallest absolute Gasteiger partial charge is 0.258 e. The molecule has 1 N–H and O–H groups in total. The van der Waals surface area contributed by atoms with Gasteiger partial charge in [-0.15, -0.1) is 0 Å². The molecule has 0 aliphatic carbocycles. The van der Waals surface area contributed by atoms with E-state index in [1.165, 1.54) is 0 Å². The van der Waals surface area contributed by atoms with Crippen molar-refractivity contribution in [2.45, 2.75) is 58.8 Å². The Kier molecular flexibility index (Phi) is 4.94. The first-order valence-corrected chi connectivity index (χ1v) is 9.35. The van der Waals surface area contributed by atoms with Crippen LogP contribution in [0, 0.1) is 0 Å². The number of fused-ring (bicyclic) bond motifs is 1. The topological polar surface area (TPSA) is 41.6 Å². The fourth-order valence-corrected chi connectivity index (χ4v) is 3.57. The van der Waals surface area contributed by atoms with E-state index in [0.717, 1.165) is 29.0 Å². The molecule has 0 saturated heterocycles. The zero-order chi connectivity index (χ0) is 18.9. The van der Waals surface area contributed by atoms with Crippen molar-refractivity contribution in [1.29, 1.82) is 0 Å². The van der Waals surface area contributed by atoms with Crippen LogP contribution in [0.25, 0.3) is 0 Å². The van der Waals surface area contributed by atoms with Crippen molar-refractivity contribution in [3.8, 4) is 5.75 Å². The van der Waals surface area contributed by atoms with E-state index in [1.807, 2.05) is 67.3 Å². The Morgan fingerprint density at radius 2 is 1.73 bits per heavy atom. The lowest BCUT2D eigenvalue weighted by atomic mass is 9.92. The monoisotopic (exact) mass is 352 g/mol. The lowest BCUT2D eigenvalue weighted by Crippen LogP contribution is -2.58. The maximum absolute atomic E-state index is 13.2. The van der Waals surface area contributed by atoms with Gasteiger partial charge >= 0.3 is 0 Å². The first-order chi connectivity index (χ1) is 12.4. The van der Waals surface area contributed by atoms with Crippen LogP contribution in [0.5, 0.6) is 5.75 Å². The van der Waals surface area contributed by atoms with Gasteiger partial charge in [0, 0.05) is 11.7 Å². The summed E-state index contributed by atoms with van der Waals surface area (Å²) in [4.78, 5) is 15.1. The van der Waals surface area contributed by atoms with Gasteiger partial charge in [-0.3, -0.25) is 4.79 Å². The van der Waals surface area contributed by atoms with Crippen LogP contribution >= 0.6 is 0 Å². The van der Waals surface area contributed by atoms with Gasteiger partial charge in [0.15, 0.2) is 0 Å². The molecule has 4 nitrogen and oxygen atoms in total. The van der Waals surface area contributed by atoms with Crippen molar-refractivity contribution >= 4 is 11.6 Å². The van der Waals surface area contributed by atoms with E-state index in [4.69, 9.17) is 4.74 Å². The zero-order valence-corrected chi connectivity index (χ0v) is 16.2. The number of benzene rings is 2. The summed E-state index contributed by atoms with van der Waals surface area (Å²) in [7, 11) is 0. The third-order valence-electron chi connectivity index (χ3n) is 5.08. The summed E-state index contributed by atoms with van der Waals surface area (Å²) in [5, 5.41) is 3.59. The van der Waals surface area contributed by atoms with Crippen molar-refractivity contribution in [3.05, 3.63) is 59.7 Å². The molecule has 0 bridgehead atoms. The van der Waals surface area contributed by atoms with Gasteiger partial charge in [0.2, 0.25) is 0 Å². The maximum atomic E-state index is 13.2. The van der Waals surface area contributed by atoms with Crippen LogP contribution in [0.4, 0.5) is 5.69 Å². The summed E-state index contributed by atoms with van der Waals surface area (Å²) in [5.74, 6) is 0.905. The third kappa shape index (κ3) is 3.16. The predicted molar refractivity (Wildman–Crippen MR) is 106 cm³/mol. The number of hydrogen-bond donors (Lipinski definition) is 1. The number of nitrogens with one attached hydrogen (secondary N) is 1. The normalized spacial score (nSPS) is 20.5. The highest BCUT2D eigenvalue weighted by molar-refractivity contribution is 6.02.